The van der Waals surface area contributed by atoms with Gasteiger partial charge in [0, 0.05) is 19.7 Å². The van der Waals surface area contributed by atoms with Gasteiger partial charge in [0.05, 0.1) is 24.0 Å². The molecule has 2 N–H and O–H groups in total. The van der Waals surface area contributed by atoms with Gasteiger partial charge in [-0.3, -0.25) is 4.57 Å². The predicted molar refractivity (Wildman–Crippen MR) is 71.5 cm³/mol. The molecule has 6 heteroatoms. The number of hydrogen-bond acceptors (Lipinski definition) is 4. The summed E-state index contributed by atoms with van der Waals surface area (Å²) < 4.78 is 8.60. The van der Waals surface area contributed by atoms with E-state index in [1.807, 2.05) is 29.8 Å². The summed E-state index contributed by atoms with van der Waals surface area (Å²) in [6.07, 6.45) is 1.77. The van der Waals surface area contributed by atoms with Crippen LogP contribution in [0.5, 0.6) is 0 Å². The van der Waals surface area contributed by atoms with Crippen molar-refractivity contribution < 1.29 is 4.42 Å². The molecule has 2 aromatic heterocycles. The normalized spacial score (nSPS) is 11.3. The van der Waals surface area contributed by atoms with Gasteiger partial charge in [0.2, 0.25) is 0 Å². The number of nitrogens with zero attached hydrogens (tertiary/aromatic N) is 3. The Hall–Kier alpha value is -2.34. The maximum absolute atomic E-state index is 11.5. The van der Waals surface area contributed by atoms with E-state index in [1.54, 1.807) is 13.2 Å². The first-order chi connectivity index (χ1) is 9.11. The van der Waals surface area contributed by atoms with Crippen LogP contribution < -0.4 is 11.5 Å². The van der Waals surface area contributed by atoms with E-state index in [1.165, 1.54) is 4.57 Å². The number of aryl methyl sites for hydroxylation is 1. The molecular weight excluding hydrogens is 244 g/mol. The highest BCUT2D eigenvalue weighted by molar-refractivity contribution is 5.79. The first-order valence-electron chi connectivity index (χ1n) is 5.92. The smallest absolute Gasteiger partial charge is 0.408 e. The fraction of sp³-hybridized carbons (Fsp3) is 0.231. The first-order valence-corrected chi connectivity index (χ1v) is 5.92. The molecule has 0 atom stereocenters. The minimum Gasteiger partial charge on any atom is -0.408 e. The maximum Gasteiger partial charge on any atom is 0.419 e. The highest BCUT2D eigenvalue weighted by atomic mass is 16.4. The molecule has 0 fully saturated rings. The molecule has 19 heavy (non-hydrogen) atoms. The SMILES string of the molecule is Cn1c(-c2ccc3c(c2)oc(=O)n3C)cnc1CN. The minimum atomic E-state index is -0.361. The number of imidazole rings is 1. The van der Waals surface area contributed by atoms with Crippen LogP contribution in [-0.4, -0.2) is 14.1 Å². The van der Waals surface area contributed by atoms with Crippen LogP contribution in [0, 0.1) is 0 Å². The first kappa shape index (κ1) is 11.7. The van der Waals surface area contributed by atoms with Crippen molar-refractivity contribution in [2.24, 2.45) is 19.8 Å². The summed E-state index contributed by atoms with van der Waals surface area (Å²) in [5.41, 5.74) is 8.83. The number of hydrogen-bond donors (Lipinski definition) is 1. The predicted octanol–water partition coefficient (Wildman–Crippen LogP) is 0.991. The number of aromatic nitrogens is 3. The van der Waals surface area contributed by atoms with Crippen molar-refractivity contribution in [2.75, 3.05) is 0 Å². The molecule has 0 aliphatic rings. The van der Waals surface area contributed by atoms with Crippen LogP contribution in [0.1, 0.15) is 5.82 Å². The third-order valence-electron chi connectivity index (χ3n) is 3.36. The summed E-state index contributed by atoms with van der Waals surface area (Å²) in [5.74, 6) is 0.449. The van der Waals surface area contributed by atoms with Crippen LogP contribution in [0.2, 0.25) is 0 Å². The Morgan fingerprint density at radius 1 is 1.32 bits per heavy atom. The average Bonchev–Trinajstić information content (AvgIpc) is 2.91. The van der Waals surface area contributed by atoms with Gasteiger partial charge in [0.25, 0.3) is 0 Å². The van der Waals surface area contributed by atoms with E-state index in [0.717, 1.165) is 22.6 Å². The van der Waals surface area contributed by atoms with E-state index in [2.05, 4.69) is 4.98 Å². The maximum atomic E-state index is 11.5. The third kappa shape index (κ3) is 1.68. The summed E-state index contributed by atoms with van der Waals surface area (Å²) >= 11 is 0. The van der Waals surface area contributed by atoms with Crippen molar-refractivity contribution in [1.29, 1.82) is 0 Å². The molecule has 0 amide bonds. The quantitative estimate of drug-likeness (QED) is 0.743. The summed E-state index contributed by atoms with van der Waals surface area (Å²) in [7, 11) is 3.60. The van der Waals surface area contributed by atoms with Crippen molar-refractivity contribution in [1.82, 2.24) is 14.1 Å². The second-order valence-corrected chi connectivity index (χ2v) is 4.43. The van der Waals surface area contributed by atoms with E-state index < -0.39 is 0 Å². The van der Waals surface area contributed by atoms with E-state index in [4.69, 9.17) is 10.2 Å². The van der Waals surface area contributed by atoms with Crippen LogP contribution in [0.15, 0.2) is 33.6 Å². The molecule has 0 bridgehead atoms. The van der Waals surface area contributed by atoms with Gasteiger partial charge < -0.3 is 14.7 Å². The van der Waals surface area contributed by atoms with Crippen LogP contribution in [-0.2, 0) is 20.6 Å². The molecule has 2 heterocycles. The summed E-state index contributed by atoms with van der Waals surface area (Å²) in [4.78, 5) is 15.7. The molecule has 0 aliphatic carbocycles. The second kappa shape index (κ2) is 4.10. The Kier molecular flexibility index (Phi) is 2.53. The van der Waals surface area contributed by atoms with Crippen molar-refractivity contribution in [3.05, 3.63) is 40.8 Å². The van der Waals surface area contributed by atoms with Gasteiger partial charge in [-0.1, -0.05) is 6.07 Å². The van der Waals surface area contributed by atoms with Gasteiger partial charge in [0.15, 0.2) is 5.58 Å². The van der Waals surface area contributed by atoms with Crippen molar-refractivity contribution in [2.45, 2.75) is 6.54 Å². The lowest BCUT2D eigenvalue weighted by Crippen LogP contribution is -2.08. The Morgan fingerprint density at radius 2 is 2.11 bits per heavy atom. The molecule has 0 aliphatic heterocycles. The van der Waals surface area contributed by atoms with Gasteiger partial charge in [-0.15, -0.1) is 0 Å². The van der Waals surface area contributed by atoms with Crippen molar-refractivity contribution in [3.63, 3.8) is 0 Å². The molecule has 0 radical (unpaired) electrons. The number of fused-ring (bicyclic) bond motifs is 1. The lowest BCUT2D eigenvalue weighted by Gasteiger charge is -2.04. The Balaban J connectivity index is 2.20. The van der Waals surface area contributed by atoms with Gasteiger partial charge in [-0.2, -0.15) is 0 Å². The zero-order valence-electron chi connectivity index (χ0n) is 10.8. The highest BCUT2D eigenvalue weighted by Gasteiger charge is 2.11. The minimum absolute atomic E-state index is 0.361. The molecule has 6 nitrogen and oxygen atoms in total. The highest BCUT2D eigenvalue weighted by Crippen LogP contribution is 2.24. The molecule has 3 aromatic rings. The standard InChI is InChI=1S/C13H14N4O2/c1-16-10(7-15-12(16)6-14)8-3-4-9-11(5-8)19-13(18)17(9)2/h3-5,7H,6,14H2,1-2H3. The monoisotopic (exact) mass is 258 g/mol. The number of benzene rings is 1. The van der Waals surface area contributed by atoms with Gasteiger partial charge in [0.1, 0.15) is 5.82 Å². The van der Waals surface area contributed by atoms with E-state index in [9.17, 15) is 4.79 Å². The molecule has 0 spiro atoms. The molecule has 98 valence electrons. The molecule has 0 saturated carbocycles. The zero-order chi connectivity index (χ0) is 13.6. The Labute approximate surface area is 109 Å². The fourth-order valence-electron chi connectivity index (χ4n) is 2.20. The third-order valence-corrected chi connectivity index (χ3v) is 3.36. The van der Waals surface area contributed by atoms with Gasteiger partial charge in [-0.25, -0.2) is 9.78 Å². The Bertz CT molecular complexity index is 810. The molecule has 0 unspecified atom stereocenters. The average molecular weight is 258 g/mol. The summed E-state index contributed by atoms with van der Waals surface area (Å²) in [6, 6.07) is 5.65. The van der Waals surface area contributed by atoms with E-state index in [-0.39, 0.29) is 5.76 Å². The van der Waals surface area contributed by atoms with E-state index in [0.29, 0.717) is 12.1 Å². The lowest BCUT2D eigenvalue weighted by molar-refractivity contribution is 0.528. The van der Waals surface area contributed by atoms with Crippen LogP contribution >= 0.6 is 0 Å². The summed E-state index contributed by atoms with van der Waals surface area (Å²) in [5, 5.41) is 0. The molecule has 0 saturated heterocycles. The lowest BCUT2D eigenvalue weighted by atomic mass is 10.1. The molecular formula is C13H14N4O2. The topological polar surface area (TPSA) is 79.0 Å². The van der Waals surface area contributed by atoms with Gasteiger partial charge >= 0.3 is 5.76 Å². The number of rotatable bonds is 2. The van der Waals surface area contributed by atoms with Gasteiger partial charge in [-0.05, 0) is 12.1 Å². The fourth-order valence-corrected chi connectivity index (χ4v) is 2.20. The van der Waals surface area contributed by atoms with Crippen molar-refractivity contribution in [3.8, 4) is 11.3 Å². The number of oxazole rings is 1. The second-order valence-electron chi connectivity index (χ2n) is 4.43. The zero-order valence-corrected chi connectivity index (χ0v) is 10.8. The van der Waals surface area contributed by atoms with Crippen LogP contribution in [0.4, 0.5) is 0 Å². The van der Waals surface area contributed by atoms with Crippen LogP contribution in [0.3, 0.4) is 0 Å². The molecule has 3 rings (SSSR count). The number of nitrogens with two attached hydrogens (primary N) is 1. The summed E-state index contributed by atoms with van der Waals surface area (Å²) in [6.45, 7) is 0.388. The molecule has 1 aromatic carbocycles. The van der Waals surface area contributed by atoms with Crippen LogP contribution in [0.25, 0.3) is 22.4 Å². The Morgan fingerprint density at radius 3 is 2.79 bits per heavy atom. The largest absolute Gasteiger partial charge is 0.419 e. The van der Waals surface area contributed by atoms with E-state index >= 15 is 0 Å². The van der Waals surface area contributed by atoms with Crippen molar-refractivity contribution >= 4 is 11.1 Å².